The summed E-state index contributed by atoms with van der Waals surface area (Å²) in [4.78, 5) is 19.1. The Kier molecular flexibility index (Phi) is 4.32. The van der Waals surface area contributed by atoms with E-state index in [0.29, 0.717) is 17.9 Å². The van der Waals surface area contributed by atoms with Gasteiger partial charge in [-0.25, -0.2) is 9.67 Å². The summed E-state index contributed by atoms with van der Waals surface area (Å²) in [6, 6.07) is 7.55. The number of hydrogen-bond donors (Lipinski definition) is 0. The minimum Gasteiger partial charge on any atom is -0.496 e. The van der Waals surface area contributed by atoms with Gasteiger partial charge in [-0.1, -0.05) is 12.1 Å². The Hall–Kier alpha value is -2.37. The fraction of sp³-hybridized carbons (Fsp3) is 0.471. The highest BCUT2D eigenvalue weighted by molar-refractivity contribution is 5.97. The standard InChI is InChI=1S/C17H22N4O2/c1-12-18-13(2)21(19-12)14-7-6-10-20(11-14)17(22)15-8-4-5-9-16(15)23-3/h4-5,8-9,14H,6-7,10-11H2,1-3H3/t14-/m0/s1. The quantitative estimate of drug-likeness (QED) is 0.873. The first kappa shape index (κ1) is 15.5. The highest BCUT2D eigenvalue weighted by Crippen LogP contribution is 2.26. The molecule has 1 aromatic carbocycles. The molecule has 0 saturated carbocycles. The van der Waals surface area contributed by atoms with Crippen molar-refractivity contribution in [3.8, 4) is 5.75 Å². The van der Waals surface area contributed by atoms with Crippen LogP contribution in [0.1, 0.15) is 40.9 Å². The molecule has 23 heavy (non-hydrogen) atoms. The van der Waals surface area contributed by atoms with E-state index >= 15 is 0 Å². The van der Waals surface area contributed by atoms with Gasteiger partial charge < -0.3 is 9.64 Å². The van der Waals surface area contributed by atoms with Crippen LogP contribution in [0, 0.1) is 13.8 Å². The van der Waals surface area contributed by atoms with Crippen molar-refractivity contribution in [1.29, 1.82) is 0 Å². The van der Waals surface area contributed by atoms with Crippen molar-refractivity contribution in [1.82, 2.24) is 19.7 Å². The molecule has 1 fully saturated rings. The van der Waals surface area contributed by atoms with Crippen LogP contribution in [0.4, 0.5) is 0 Å². The number of ether oxygens (including phenoxy) is 1. The van der Waals surface area contributed by atoms with E-state index in [-0.39, 0.29) is 11.9 Å². The number of likely N-dealkylation sites (tertiary alicyclic amines) is 1. The highest BCUT2D eigenvalue weighted by atomic mass is 16.5. The summed E-state index contributed by atoms with van der Waals surface area (Å²) in [5, 5.41) is 4.48. The second-order valence-electron chi connectivity index (χ2n) is 5.90. The lowest BCUT2D eigenvalue weighted by Crippen LogP contribution is -2.41. The molecule has 3 rings (SSSR count). The molecular weight excluding hydrogens is 292 g/mol. The van der Waals surface area contributed by atoms with Gasteiger partial charge in [-0.15, -0.1) is 0 Å². The Labute approximate surface area is 136 Å². The molecule has 0 spiro atoms. The van der Waals surface area contributed by atoms with Crippen molar-refractivity contribution < 1.29 is 9.53 Å². The lowest BCUT2D eigenvalue weighted by Gasteiger charge is -2.33. The van der Waals surface area contributed by atoms with Crippen molar-refractivity contribution in [3.63, 3.8) is 0 Å². The molecule has 2 heterocycles. The second kappa shape index (κ2) is 6.40. The van der Waals surface area contributed by atoms with Crippen LogP contribution < -0.4 is 4.74 Å². The van der Waals surface area contributed by atoms with Crippen molar-refractivity contribution >= 4 is 5.91 Å². The molecule has 1 amide bonds. The Balaban J connectivity index is 1.81. The third-order valence-corrected chi connectivity index (χ3v) is 4.27. The summed E-state index contributed by atoms with van der Waals surface area (Å²) >= 11 is 0. The zero-order valence-electron chi connectivity index (χ0n) is 13.8. The largest absolute Gasteiger partial charge is 0.496 e. The van der Waals surface area contributed by atoms with Crippen LogP contribution in [0.15, 0.2) is 24.3 Å². The number of aryl methyl sites for hydroxylation is 2. The van der Waals surface area contributed by atoms with E-state index < -0.39 is 0 Å². The molecule has 0 radical (unpaired) electrons. The summed E-state index contributed by atoms with van der Waals surface area (Å²) in [5.74, 6) is 2.31. The van der Waals surface area contributed by atoms with E-state index in [1.54, 1.807) is 7.11 Å². The summed E-state index contributed by atoms with van der Waals surface area (Å²) in [5.41, 5.74) is 0.613. The van der Waals surface area contributed by atoms with Crippen LogP contribution >= 0.6 is 0 Å². The lowest BCUT2D eigenvalue weighted by atomic mass is 10.0. The Bertz CT molecular complexity index is 710. The number of methoxy groups -OCH3 is 1. The Morgan fingerprint density at radius 2 is 2.09 bits per heavy atom. The van der Waals surface area contributed by atoms with E-state index in [9.17, 15) is 4.79 Å². The molecule has 1 aliphatic rings. The van der Waals surface area contributed by atoms with Crippen LogP contribution in [0.5, 0.6) is 5.75 Å². The molecule has 1 atom stereocenters. The van der Waals surface area contributed by atoms with Gasteiger partial charge in [0, 0.05) is 13.1 Å². The molecule has 1 aromatic heterocycles. The number of benzene rings is 1. The maximum absolute atomic E-state index is 12.8. The Morgan fingerprint density at radius 1 is 1.30 bits per heavy atom. The summed E-state index contributed by atoms with van der Waals surface area (Å²) in [7, 11) is 1.59. The fourth-order valence-corrected chi connectivity index (χ4v) is 3.21. The van der Waals surface area contributed by atoms with Gasteiger partial charge >= 0.3 is 0 Å². The van der Waals surface area contributed by atoms with Gasteiger partial charge in [0.15, 0.2) is 0 Å². The molecule has 1 aliphatic heterocycles. The van der Waals surface area contributed by atoms with Crippen molar-refractivity contribution in [2.45, 2.75) is 32.7 Å². The minimum atomic E-state index is 0.0154. The fourth-order valence-electron chi connectivity index (χ4n) is 3.21. The highest BCUT2D eigenvalue weighted by Gasteiger charge is 2.28. The zero-order valence-corrected chi connectivity index (χ0v) is 13.8. The first-order valence-electron chi connectivity index (χ1n) is 7.92. The smallest absolute Gasteiger partial charge is 0.257 e. The van der Waals surface area contributed by atoms with E-state index in [2.05, 4.69) is 10.1 Å². The van der Waals surface area contributed by atoms with Crippen LogP contribution in [-0.4, -0.2) is 45.8 Å². The number of aromatic nitrogens is 3. The van der Waals surface area contributed by atoms with E-state index in [4.69, 9.17) is 4.74 Å². The van der Waals surface area contributed by atoms with Gasteiger partial charge in [-0.2, -0.15) is 5.10 Å². The molecule has 2 aromatic rings. The predicted molar refractivity (Wildman–Crippen MR) is 86.7 cm³/mol. The summed E-state index contributed by atoms with van der Waals surface area (Å²) in [6.45, 7) is 5.27. The van der Waals surface area contributed by atoms with Gasteiger partial charge in [-0.3, -0.25) is 4.79 Å². The van der Waals surface area contributed by atoms with Gasteiger partial charge in [-0.05, 0) is 38.8 Å². The maximum atomic E-state index is 12.8. The third-order valence-electron chi connectivity index (χ3n) is 4.27. The average molecular weight is 314 g/mol. The minimum absolute atomic E-state index is 0.0154. The zero-order chi connectivity index (χ0) is 16.4. The predicted octanol–water partition coefficient (Wildman–Crippen LogP) is 2.38. The van der Waals surface area contributed by atoms with Crippen LogP contribution in [0.3, 0.4) is 0 Å². The van der Waals surface area contributed by atoms with E-state index in [1.807, 2.05) is 47.7 Å². The number of rotatable bonds is 3. The number of carbonyl (C=O) groups excluding carboxylic acids is 1. The van der Waals surface area contributed by atoms with Crippen LogP contribution in [0.25, 0.3) is 0 Å². The maximum Gasteiger partial charge on any atom is 0.257 e. The molecular formula is C17H22N4O2. The molecule has 1 saturated heterocycles. The number of nitrogens with zero attached hydrogens (tertiary/aromatic N) is 4. The van der Waals surface area contributed by atoms with Crippen LogP contribution in [0.2, 0.25) is 0 Å². The second-order valence-corrected chi connectivity index (χ2v) is 5.90. The first-order valence-corrected chi connectivity index (χ1v) is 7.92. The lowest BCUT2D eigenvalue weighted by molar-refractivity contribution is 0.0668. The molecule has 122 valence electrons. The number of para-hydroxylation sites is 1. The number of hydrogen-bond acceptors (Lipinski definition) is 4. The van der Waals surface area contributed by atoms with Crippen LogP contribution in [-0.2, 0) is 0 Å². The van der Waals surface area contributed by atoms with Gasteiger partial charge in [0.05, 0.1) is 18.7 Å². The Morgan fingerprint density at radius 3 is 2.78 bits per heavy atom. The average Bonchev–Trinajstić information content (AvgIpc) is 2.92. The SMILES string of the molecule is COc1ccccc1C(=O)N1CCC[C@H](n2nc(C)nc2C)C1. The molecule has 0 N–H and O–H groups in total. The molecule has 6 nitrogen and oxygen atoms in total. The number of piperidine rings is 1. The van der Waals surface area contributed by atoms with Crippen molar-refractivity contribution in [2.24, 2.45) is 0 Å². The third kappa shape index (κ3) is 3.06. The molecule has 0 bridgehead atoms. The molecule has 6 heteroatoms. The first-order chi connectivity index (χ1) is 11.1. The number of carbonyl (C=O) groups is 1. The number of amides is 1. The van der Waals surface area contributed by atoms with E-state index in [1.165, 1.54) is 0 Å². The summed E-state index contributed by atoms with van der Waals surface area (Å²) < 4.78 is 7.27. The monoisotopic (exact) mass is 314 g/mol. The molecule has 0 aliphatic carbocycles. The summed E-state index contributed by atoms with van der Waals surface area (Å²) in [6.07, 6.45) is 1.98. The topological polar surface area (TPSA) is 60.2 Å². The van der Waals surface area contributed by atoms with Gasteiger partial charge in [0.25, 0.3) is 5.91 Å². The molecule has 0 unspecified atom stereocenters. The van der Waals surface area contributed by atoms with Crippen molar-refractivity contribution in [3.05, 3.63) is 41.5 Å². The normalized spacial score (nSPS) is 18.0. The van der Waals surface area contributed by atoms with E-state index in [0.717, 1.165) is 31.0 Å². The van der Waals surface area contributed by atoms with Crippen molar-refractivity contribution in [2.75, 3.05) is 20.2 Å². The van der Waals surface area contributed by atoms with Gasteiger partial charge in [0.2, 0.25) is 0 Å². The van der Waals surface area contributed by atoms with Gasteiger partial charge in [0.1, 0.15) is 17.4 Å².